The van der Waals surface area contributed by atoms with Crippen molar-refractivity contribution in [3.05, 3.63) is 29.8 Å². The summed E-state index contributed by atoms with van der Waals surface area (Å²) in [4.78, 5) is 27.4. The van der Waals surface area contributed by atoms with Crippen molar-refractivity contribution in [1.29, 1.82) is 0 Å². The summed E-state index contributed by atoms with van der Waals surface area (Å²) in [6, 6.07) is 5.70. The lowest BCUT2D eigenvalue weighted by molar-refractivity contribution is -0.137. The Bertz CT molecular complexity index is 664. The molecule has 27 heavy (non-hydrogen) atoms. The number of anilines is 1. The van der Waals surface area contributed by atoms with E-state index in [0.717, 1.165) is 5.69 Å². The topological polar surface area (TPSA) is 61.9 Å². The van der Waals surface area contributed by atoms with Gasteiger partial charge < -0.3 is 19.9 Å². The molecule has 1 fully saturated rings. The van der Waals surface area contributed by atoms with Crippen LogP contribution in [0.4, 0.5) is 17.3 Å². The molecule has 2 amide bonds. The summed E-state index contributed by atoms with van der Waals surface area (Å²) in [5.74, 6) is -1.41. The SMILES string of the molecule is COCC(NC(C)=O)C(=O)N1CCN(c2cccc(CS(F)(F)F)c2)CC1. The van der Waals surface area contributed by atoms with Crippen LogP contribution in [0.2, 0.25) is 0 Å². The highest BCUT2D eigenvalue weighted by atomic mass is 32.3. The number of hydrogen-bond acceptors (Lipinski definition) is 4. The van der Waals surface area contributed by atoms with Gasteiger partial charge >= 0.3 is 0 Å². The van der Waals surface area contributed by atoms with E-state index in [1.807, 2.05) is 4.90 Å². The molecule has 1 aromatic carbocycles. The molecule has 1 aliphatic heterocycles. The number of halogens is 3. The minimum atomic E-state index is -5.09. The standard InChI is InChI=1S/C17H24F3N3O3S/c1-13(24)21-16(11-26-2)17(25)23-8-6-22(7-9-23)15-5-3-4-14(10-15)12-27(18,19)20/h3-5,10,16H,6-9,11-12H2,1-2H3,(H,21,24). The first-order valence-corrected chi connectivity index (χ1v) is 9.98. The van der Waals surface area contributed by atoms with Gasteiger partial charge in [-0.15, -0.1) is 11.7 Å². The van der Waals surface area contributed by atoms with Crippen molar-refractivity contribution < 1.29 is 26.0 Å². The highest BCUT2D eigenvalue weighted by molar-refractivity contribution is 8.20. The average molecular weight is 407 g/mol. The van der Waals surface area contributed by atoms with Gasteiger partial charge in [-0.1, -0.05) is 12.1 Å². The van der Waals surface area contributed by atoms with Crippen LogP contribution in [0, 0.1) is 0 Å². The van der Waals surface area contributed by atoms with E-state index in [1.165, 1.54) is 20.1 Å². The van der Waals surface area contributed by atoms with Gasteiger partial charge in [0.1, 0.15) is 6.04 Å². The minimum Gasteiger partial charge on any atom is -0.382 e. The molecule has 1 aliphatic rings. The summed E-state index contributed by atoms with van der Waals surface area (Å²) in [5.41, 5.74) is 0.970. The van der Waals surface area contributed by atoms with Crippen LogP contribution in [0.15, 0.2) is 24.3 Å². The molecule has 0 radical (unpaired) electrons. The van der Waals surface area contributed by atoms with E-state index < -0.39 is 23.0 Å². The fraction of sp³-hybridized carbons (Fsp3) is 0.529. The Hall–Kier alpha value is -1.94. The van der Waals surface area contributed by atoms with Gasteiger partial charge in [0, 0.05) is 45.9 Å². The van der Waals surface area contributed by atoms with Gasteiger partial charge in [0.05, 0.1) is 12.4 Å². The number of carbonyl (C=O) groups excluding carboxylic acids is 2. The Morgan fingerprint density at radius 3 is 2.44 bits per heavy atom. The summed E-state index contributed by atoms with van der Waals surface area (Å²) in [7, 11) is 1.45. The molecule has 2 rings (SSSR count). The Morgan fingerprint density at radius 1 is 1.22 bits per heavy atom. The molecule has 0 spiro atoms. The number of benzene rings is 1. The number of nitrogens with zero attached hydrogens (tertiary/aromatic N) is 2. The van der Waals surface area contributed by atoms with Gasteiger partial charge in [0.15, 0.2) is 0 Å². The maximum Gasteiger partial charge on any atom is 0.247 e. The van der Waals surface area contributed by atoms with Gasteiger partial charge in [-0.05, 0) is 17.7 Å². The highest BCUT2D eigenvalue weighted by Gasteiger charge is 2.28. The molecule has 10 heteroatoms. The molecule has 0 saturated carbocycles. The maximum absolute atomic E-state index is 12.7. The average Bonchev–Trinajstić information content (AvgIpc) is 2.59. The number of methoxy groups -OCH3 is 1. The molecule has 1 aromatic rings. The third-order valence-electron chi connectivity index (χ3n) is 4.21. The Kier molecular flexibility index (Phi) is 7.37. The Balaban J connectivity index is 1.97. The van der Waals surface area contributed by atoms with Crippen molar-refractivity contribution in [3.63, 3.8) is 0 Å². The van der Waals surface area contributed by atoms with Crippen LogP contribution in [-0.4, -0.2) is 62.7 Å². The van der Waals surface area contributed by atoms with Crippen LogP contribution < -0.4 is 10.2 Å². The predicted octanol–water partition coefficient (Wildman–Crippen LogP) is 2.44. The van der Waals surface area contributed by atoms with E-state index in [0.29, 0.717) is 26.2 Å². The van der Waals surface area contributed by atoms with E-state index in [2.05, 4.69) is 5.32 Å². The van der Waals surface area contributed by atoms with Gasteiger partial charge in [-0.3, -0.25) is 9.59 Å². The summed E-state index contributed by atoms with van der Waals surface area (Å²) < 4.78 is 43.0. The molecule has 0 bridgehead atoms. The van der Waals surface area contributed by atoms with Crippen LogP contribution in [0.1, 0.15) is 12.5 Å². The van der Waals surface area contributed by atoms with Gasteiger partial charge in [-0.25, -0.2) is 0 Å². The zero-order valence-electron chi connectivity index (χ0n) is 15.3. The van der Waals surface area contributed by atoms with Crippen LogP contribution in [0.25, 0.3) is 0 Å². The minimum absolute atomic E-state index is 0.0838. The molecule has 152 valence electrons. The monoisotopic (exact) mass is 407 g/mol. The molecule has 6 nitrogen and oxygen atoms in total. The molecule has 0 aliphatic carbocycles. The number of carbonyl (C=O) groups is 2. The number of amides is 2. The quantitative estimate of drug-likeness (QED) is 0.754. The van der Waals surface area contributed by atoms with Crippen LogP contribution >= 0.6 is 11.2 Å². The molecule has 0 aromatic heterocycles. The first-order valence-electron chi connectivity index (χ1n) is 8.48. The third kappa shape index (κ3) is 6.62. The second-order valence-electron chi connectivity index (χ2n) is 6.34. The number of piperazine rings is 1. The maximum atomic E-state index is 12.7. The van der Waals surface area contributed by atoms with Crippen molar-refractivity contribution in [1.82, 2.24) is 10.2 Å². The van der Waals surface area contributed by atoms with Crippen molar-refractivity contribution in [3.8, 4) is 0 Å². The first-order chi connectivity index (χ1) is 12.7. The number of ether oxygens (including phenoxy) is 1. The normalized spacial score (nSPS) is 16.8. The van der Waals surface area contributed by atoms with Gasteiger partial charge in [0.2, 0.25) is 23.0 Å². The molecule has 1 N–H and O–H groups in total. The van der Waals surface area contributed by atoms with Crippen LogP contribution in [-0.2, 0) is 20.1 Å². The first kappa shape index (κ1) is 21.4. The summed E-state index contributed by atoms with van der Waals surface area (Å²) in [6.45, 7) is 3.28. The van der Waals surface area contributed by atoms with E-state index in [9.17, 15) is 21.2 Å². The fourth-order valence-corrected chi connectivity index (χ4v) is 3.58. The smallest absolute Gasteiger partial charge is 0.247 e. The molecule has 1 heterocycles. The summed E-state index contributed by atoms with van der Waals surface area (Å²) >= 11 is -5.09. The lowest BCUT2D eigenvalue weighted by atomic mass is 10.1. The van der Waals surface area contributed by atoms with Crippen molar-refractivity contribution in [2.24, 2.45) is 0 Å². The number of hydrogen-bond donors (Lipinski definition) is 1. The van der Waals surface area contributed by atoms with Crippen molar-refractivity contribution in [2.45, 2.75) is 18.7 Å². The number of rotatable bonds is 7. The van der Waals surface area contributed by atoms with E-state index in [-0.39, 0.29) is 24.0 Å². The molecular weight excluding hydrogens is 383 g/mol. The fourth-order valence-electron chi connectivity index (χ4n) is 3.02. The van der Waals surface area contributed by atoms with E-state index in [4.69, 9.17) is 4.74 Å². The van der Waals surface area contributed by atoms with Crippen LogP contribution in [0.3, 0.4) is 0 Å². The highest BCUT2D eigenvalue weighted by Crippen LogP contribution is 2.56. The molecule has 1 unspecified atom stereocenters. The van der Waals surface area contributed by atoms with E-state index in [1.54, 1.807) is 23.1 Å². The third-order valence-corrected chi connectivity index (χ3v) is 4.87. The van der Waals surface area contributed by atoms with Crippen molar-refractivity contribution in [2.75, 3.05) is 44.8 Å². The molecule has 1 saturated heterocycles. The lowest BCUT2D eigenvalue weighted by Gasteiger charge is -2.37. The zero-order valence-corrected chi connectivity index (χ0v) is 16.1. The lowest BCUT2D eigenvalue weighted by Crippen LogP contribution is -2.56. The Morgan fingerprint density at radius 2 is 1.89 bits per heavy atom. The largest absolute Gasteiger partial charge is 0.382 e. The van der Waals surface area contributed by atoms with Crippen molar-refractivity contribution >= 4 is 28.7 Å². The van der Waals surface area contributed by atoms with Gasteiger partial charge in [-0.2, -0.15) is 0 Å². The molecule has 1 atom stereocenters. The second-order valence-corrected chi connectivity index (χ2v) is 7.63. The van der Waals surface area contributed by atoms with Gasteiger partial charge in [0.25, 0.3) is 0 Å². The van der Waals surface area contributed by atoms with Crippen LogP contribution in [0.5, 0.6) is 0 Å². The summed E-state index contributed by atoms with van der Waals surface area (Å²) in [6.07, 6.45) is 0. The Labute approximate surface area is 158 Å². The second kappa shape index (κ2) is 9.32. The predicted molar refractivity (Wildman–Crippen MR) is 99.3 cm³/mol. The zero-order chi connectivity index (χ0) is 20.0. The van der Waals surface area contributed by atoms with E-state index >= 15 is 0 Å². The molecular formula is C17H24F3N3O3S. The summed E-state index contributed by atoms with van der Waals surface area (Å²) in [5, 5.41) is 2.58. The number of nitrogens with one attached hydrogen (secondary N) is 1.